The second-order valence-corrected chi connectivity index (χ2v) is 4.50. The van der Waals surface area contributed by atoms with Crippen molar-refractivity contribution in [2.45, 2.75) is 12.8 Å². The topological polar surface area (TPSA) is 43.1 Å². The van der Waals surface area contributed by atoms with Gasteiger partial charge in [-0.15, -0.1) is 0 Å². The minimum atomic E-state index is -0.429. The first-order chi connectivity index (χ1) is 9.18. The van der Waals surface area contributed by atoms with Crippen molar-refractivity contribution in [3.63, 3.8) is 0 Å². The molecule has 1 unspecified atom stereocenters. The van der Waals surface area contributed by atoms with Crippen LogP contribution in [-0.4, -0.2) is 5.91 Å². The number of rotatable bonds is 4. The highest BCUT2D eigenvalue weighted by Crippen LogP contribution is 2.27. The maximum Gasteiger partial charge on any atom is 0.241 e. The van der Waals surface area contributed by atoms with Gasteiger partial charge in [0, 0.05) is 12.0 Å². The summed E-state index contributed by atoms with van der Waals surface area (Å²) in [4.78, 5) is 10.9. The molecule has 0 aliphatic heterocycles. The highest BCUT2D eigenvalue weighted by atomic mass is 16.1. The summed E-state index contributed by atoms with van der Waals surface area (Å²) in [5.74, 6) is -0.155. The smallest absolute Gasteiger partial charge is 0.241 e. The van der Waals surface area contributed by atoms with Crippen LogP contribution in [0.1, 0.15) is 29.5 Å². The quantitative estimate of drug-likeness (QED) is 0.832. The summed E-state index contributed by atoms with van der Waals surface area (Å²) in [6, 6.07) is 18.3. The Morgan fingerprint density at radius 3 is 2.37 bits per heavy atom. The molecule has 0 saturated carbocycles. The molecule has 2 rings (SSSR count). The molecule has 1 amide bonds. The average molecular weight is 251 g/mol. The van der Waals surface area contributed by atoms with Gasteiger partial charge in [0.05, 0.1) is 0 Å². The van der Waals surface area contributed by atoms with E-state index >= 15 is 0 Å². The minimum Gasteiger partial charge on any atom is -0.366 e. The van der Waals surface area contributed by atoms with Crippen LogP contribution in [0, 0.1) is 0 Å². The number of hydrogen-bond donors (Lipinski definition) is 1. The lowest BCUT2D eigenvalue weighted by atomic mass is 9.89. The first-order valence-corrected chi connectivity index (χ1v) is 6.30. The summed E-state index contributed by atoms with van der Waals surface area (Å²) >= 11 is 0. The number of carbonyl (C=O) groups excluding carboxylic acids is 1. The third-order valence-electron chi connectivity index (χ3n) is 3.19. The fraction of sp³-hybridized carbons (Fsp3) is 0.118. The number of hydrogen-bond acceptors (Lipinski definition) is 1. The molecule has 0 spiro atoms. The van der Waals surface area contributed by atoms with Gasteiger partial charge in [-0.1, -0.05) is 61.5 Å². The first-order valence-electron chi connectivity index (χ1n) is 6.30. The van der Waals surface area contributed by atoms with E-state index in [0.29, 0.717) is 0 Å². The maximum absolute atomic E-state index is 10.9. The molecule has 2 nitrogen and oxygen atoms in total. The fourth-order valence-electron chi connectivity index (χ4n) is 2.15. The molecule has 2 aromatic rings. The molecule has 0 bridgehead atoms. The van der Waals surface area contributed by atoms with Crippen molar-refractivity contribution >= 4 is 12.0 Å². The van der Waals surface area contributed by atoms with Crippen molar-refractivity contribution in [1.29, 1.82) is 0 Å². The van der Waals surface area contributed by atoms with Crippen molar-refractivity contribution in [2.24, 2.45) is 5.73 Å². The highest BCUT2D eigenvalue weighted by molar-refractivity contribution is 5.90. The Bertz CT molecular complexity index is 587. The molecule has 0 heterocycles. The molecule has 19 heavy (non-hydrogen) atoms. The van der Waals surface area contributed by atoms with Crippen molar-refractivity contribution in [2.75, 3.05) is 0 Å². The van der Waals surface area contributed by atoms with Gasteiger partial charge in [-0.3, -0.25) is 4.79 Å². The van der Waals surface area contributed by atoms with E-state index in [0.717, 1.165) is 5.56 Å². The largest absolute Gasteiger partial charge is 0.366 e. The predicted octanol–water partition coefficient (Wildman–Crippen LogP) is 3.34. The molecule has 0 saturated heterocycles. The summed E-state index contributed by atoms with van der Waals surface area (Å²) in [7, 11) is 0. The van der Waals surface area contributed by atoms with Crippen LogP contribution in [0.2, 0.25) is 0 Å². The number of carbonyl (C=O) groups is 1. The van der Waals surface area contributed by atoms with Crippen molar-refractivity contribution in [1.82, 2.24) is 0 Å². The van der Waals surface area contributed by atoms with E-state index in [2.05, 4.69) is 25.1 Å². The van der Waals surface area contributed by atoms with Crippen molar-refractivity contribution in [3.05, 3.63) is 77.4 Å². The van der Waals surface area contributed by atoms with E-state index in [1.807, 2.05) is 36.4 Å². The van der Waals surface area contributed by atoms with E-state index in [9.17, 15) is 4.79 Å². The molecule has 1 atom stereocenters. The molecule has 96 valence electrons. The molecular weight excluding hydrogens is 234 g/mol. The van der Waals surface area contributed by atoms with E-state index in [1.54, 1.807) is 6.08 Å². The molecule has 0 aliphatic rings. The van der Waals surface area contributed by atoms with Crippen LogP contribution in [-0.2, 0) is 4.79 Å². The molecule has 0 fully saturated rings. The van der Waals surface area contributed by atoms with Gasteiger partial charge in [0.25, 0.3) is 0 Å². The van der Waals surface area contributed by atoms with Gasteiger partial charge in [-0.05, 0) is 22.8 Å². The van der Waals surface area contributed by atoms with Gasteiger partial charge in [0.15, 0.2) is 0 Å². The molecule has 2 aromatic carbocycles. The minimum absolute atomic E-state index is 0.273. The Hall–Kier alpha value is -2.35. The zero-order valence-corrected chi connectivity index (χ0v) is 10.9. The van der Waals surface area contributed by atoms with Gasteiger partial charge >= 0.3 is 0 Å². The standard InChI is InChI=1S/C17H17NO/c1-13(14-7-3-2-4-8-14)16-10-6-5-9-15(16)11-12-17(18)19/h2-13H,1H3,(H2,18,19)/b12-11+. The molecule has 0 aromatic heterocycles. The first kappa shape index (κ1) is 13.1. The van der Waals surface area contributed by atoms with E-state index in [4.69, 9.17) is 5.73 Å². The molecular formula is C17H17NO. The number of nitrogens with two attached hydrogens (primary N) is 1. The second kappa shape index (κ2) is 6.01. The molecule has 0 radical (unpaired) electrons. The summed E-state index contributed by atoms with van der Waals surface area (Å²) in [5, 5.41) is 0. The summed E-state index contributed by atoms with van der Waals surface area (Å²) in [6.07, 6.45) is 3.17. The van der Waals surface area contributed by atoms with Crippen LogP contribution < -0.4 is 5.73 Å². The van der Waals surface area contributed by atoms with Crippen LogP contribution in [0.3, 0.4) is 0 Å². The number of primary amides is 1. The zero-order valence-electron chi connectivity index (χ0n) is 10.9. The maximum atomic E-state index is 10.9. The Morgan fingerprint density at radius 2 is 1.68 bits per heavy atom. The van der Waals surface area contributed by atoms with Gasteiger partial charge in [0.2, 0.25) is 5.91 Å². The van der Waals surface area contributed by atoms with E-state index in [1.165, 1.54) is 17.2 Å². The third kappa shape index (κ3) is 3.32. The van der Waals surface area contributed by atoms with E-state index in [-0.39, 0.29) is 5.92 Å². The average Bonchev–Trinajstić information content (AvgIpc) is 2.45. The van der Waals surface area contributed by atoms with Crippen LogP contribution >= 0.6 is 0 Å². The molecule has 0 aliphatic carbocycles. The lowest BCUT2D eigenvalue weighted by Gasteiger charge is -2.15. The number of amides is 1. The normalized spacial score (nSPS) is 12.5. The van der Waals surface area contributed by atoms with Crippen LogP contribution in [0.4, 0.5) is 0 Å². The fourth-order valence-corrected chi connectivity index (χ4v) is 2.15. The van der Waals surface area contributed by atoms with Gasteiger partial charge in [0.1, 0.15) is 0 Å². The monoisotopic (exact) mass is 251 g/mol. The predicted molar refractivity (Wildman–Crippen MR) is 78.6 cm³/mol. The lowest BCUT2D eigenvalue weighted by Crippen LogP contribution is -2.05. The van der Waals surface area contributed by atoms with Crippen LogP contribution in [0.5, 0.6) is 0 Å². The Morgan fingerprint density at radius 1 is 1.05 bits per heavy atom. The van der Waals surface area contributed by atoms with Crippen molar-refractivity contribution in [3.8, 4) is 0 Å². The third-order valence-corrected chi connectivity index (χ3v) is 3.19. The van der Waals surface area contributed by atoms with Crippen LogP contribution in [0.15, 0.2) is 60.7 Å². The summed E-state index contributed by atoms with van der Waals surface area (Å²) in [6.45, 7) is 2.16. The van der Waals surface area contributed by atoms with E-state index < -0.39 is 5.91 Å². The Kier molecular flexibility index (Phi) is 4.14. The van der Waals surface area contributed by atoms with Gasteiger partial charge in [-0.2, -0.15) is 0 Å². The van der Waals surface area contributed by atoms with Gasteiger partial charge < -0.3 is 5.73 Å². The highest BCUT2D eigenvalue weighted by Gasteiger charge is 2.10. The van der Waals surface area contributed by atoms with Crippen molar-refractivity contribution < 1.29 is 4.79 Å². The SMILES string of the molecule is CC(c1ccccc1)c1ccccc1/C=C/C(N)=O. The Labute approximate surface area is 113 Å². The van der Waals surface area contributed by atoms with Crippen LogP contribution in [0.25, 0.3) is 6.08 Å². The summed E-state index contributed by atoms with van der Waals surface area (Å²) < 4.78 is 0. The summed E-state index contributed by atoms with van der Waals surface area (Å²) in [5.41, 5.74) is 8.62. The zero-order chi connectivity index (χ0) is 13.7. The molecule has 2 N–H and O–H groups in total. The number of benzene rings is 2. The van der Waals surface area contributed by atoms with Gasteiger partial charge in [-0.25, -0.2) is 0 Å². The molecule has 2 heteroatoms. The Balaban J connectivity index is 2.37. The lowest BCUT2D eigenvalue weighted by molar-refractivity contribution is -0.113. The second-order valence-electron chi connectivity index (χ2n) is 4.50.